The Morgan fingerprint density at radius 1 is 1.05 bits per heavy atom. The van der Waals surface area contributed by atoms with Gasteiger partial charge < -0.3 is 29.2 Å². The van der Waals surface area contributed by atoms with Crippen molar-refractivity contribution in [3.63, 3.8) is 0 Å². The molecule has 0 unspecified atom stereocenters. The third-order valence-electron chi connectivity index (χ3n) is 6.79. The highest BCUT2D eigenvalue weighted by Crippen LogP contribution is 2.36. The van der Waals surface area contributed by atoms with Crippen LogP contribution in [0.25, 0.3) is 0 Å². The molecule has 1 aliphatic carbocycles. The van der Waals surface area contributed by atoms with Crippen LogP contribution in [0.15, 0.2) is 36.4 Å². The number of rotatable bonds is 10. The zero-order valence-electron chi connectivity index (χ0n) is 21.5. The third-order valence-corrected chi connectivity index (χ3v) is 7.02. The zero-order valence-corrected chi connectivity index (χ0v) is 22.2. The van der Waals surface area contributed by atoms with Crippen LogP contribution < -0.4 is 24.3 Å². The van der Waals surface area contributed by atoms with E-state index in [1.54, 1.807) is 25.3 Å². The minimum absolute atomic E-state index is 0.0700. The fraction of sp³-hybridized carbons (Fsp3) is 0.500. The molecule has 200 valence electrons. The summed E-state index contributed by atoms with van der Waals surface area (Å²) >= 11 is 6.07. The maximum Gasteiger partial charge on any atom is 0.247 e. The number of nitrogens with one attached hydrogen (secondary N) is 1. The molecule has 1 saturated carbocycles. The molecule has 0 aromatic heterocycles. The quantitative estimate of drug-likeness (QED) is 0.345. The second-order valence-corrected chi connectivity index (χ2v) is 9.55. The fourth-order valence-electron chi connectivity index (χ4n) is 4.94. The summed E-state index contributed by atoms with van der Waals surface area (Å²) in [7, 11) is 1.55. The van der Waals surface area contributed by atoms with Gasteiger partial charge in [0.15, 0.2) is 23.0 Å². The Hall–Kier alpha value is -3.13. The van der Waals surface area contributed by atoms with Crippen LogP contribution in [0, 0.1) is 0 Å². The number of alkyl halides is 1. The summed E-state index contributed by atoms with van der Waals surface area (Å²) in [5.74, 6) is 1.48. The molecule has 1 aliphatic heterocycles. The zero-order chi connectivity index (χ0) is 26.2. The topological polar surface area (TPSA) is 86.3 Å². The lowest BCUT2D eigenvalue weighted by molar-refractivity contribution is -0.140. The summed E-state index contributed by atoms with van der Waals surface area (Å²) < 4.78 is 22.2. The number of nitrogens with zero attached hydrogens (tertiary/aromatic N) is 1. The van der Waals surface area contributed by atoms with E-state index in [1.165, 1.54) is 17.7 Å². The summed E-state index contributed by atoms with van der Waals surface area (Å²) in [5.41, 5.74) is 1.42. The van der Waals surface area contributed by atoms with E-state index in [9.17, 15) is 9.59 Å². The minimum Gasteiger partial charge on any atom is -0.493 e. The number of benzene rings is 2. The van der Waals surface area contributed by atoms with Gasteiger partial charge in [-0.3, -0.25) is 9.59 Å². The van der Waals surface area contributed by atoms with Gasteiger partial charge in [-0.25, -0.2) is 0 Å². The van der Waals surface area contributed by atoms with Gasteiger partial charge in [0.25, 0.3) is 0 Å². The number of methoxy groups -OCH3 is 1. The van der Waals surface area contributed by atoms with Crippen molar-refractivity contribution in [2.45, 2.75) is 64.1 Å². The molecule has 9 heteroatoms. The van der Waals surface area contributed by atoms with Gasteiger partial charge in [0.2, 0.25) is 18.6 Å². The van der Waals surface area contributed by atoms with Gasteiger partial charge in [0.1, 0.15) is 11.9 Å². The summed E-state index contributed by atoms with van der Waals surface area (Å²) in [5, 5.41) is 3.23. The number of carbonyl (C=O) groups is 2. The molecule has 1 fully saturated rings. The molecule has 0 saturated heterocycles. The van der Waals surface area contributed by atoms with E-state index in [0.29, 0.717) is 35.2 Å². The van der Waals surface area contributed by atoms with Crippen molar-refractivity contribution in [3.8, 4) is 23.0 Å². The Morgan fingerprint density at radius 3 is 2.51 bits per heavy atom. The van der Waals surface area contributed by atoms with Crippen LogP contribution in [0.2, 0.25) is 0 Å². The average Bonchev–Trinajstić information content (AvgIpc) is 3.23. The van der Waals surface area contributed by atoms with Crippen molar-refractivity contribution in [1.82, 2.24) is 10.2 Å². The number of hydrogen-bond donors (Lipinski definition) is 1. The number of halogens is 1. The van der Waals surface area contributed by atoms with E-state index in [4.69, 9.17) is 30.5 Å². The van der Waals surface area contributed by atoms with Gasteiger partial charge in [-0.2, -0.15) is 0 Å². The van der Waals surface area contributed by atoms with Crippen LogP contribution in [0.3, 0.4) is 0 Å². The Labute approximate surface area is 223 Å². The van der Waals surface area contributed by atoms with Crippen LogP contribution in [0.4, 0.5) is 0 Å². The second kappa shape index (κ2) is 12.9. The normalized spacial score (nSPS) is 16.0. The molecule has 1 N–H and O–H groups in total. The first-order chi connectivity index (χ1) is 18.0. The molecule has 2 aromatic carbocycles. The maximum atomic E-state index is 13.9. The predicted molar refractivity (Wildman–Crippen MR) is 140 cm³/mol. The predicted octanol–water partition coefficient (Wildman–Crippen LogP) is 4.97. The Kier molecular flexibility index (Phi) is 9.39. The van der Waals surface area contributed by atoms with E-state index in [-0.39, 0.29) is 37.1 Å². The first-order valence-electron chi connectivity index (χ1n) is 12.9. The summed E-state index contributed by atoms with van der Waals surface area (Å²) in [6, 6.07) is 9.99. The molecule has 2 amide bonds. The van der Waals surface area contributed by atoms with E-state index in [1.807, 2.05) is 25.1 Å². The lowest BCUT2D eigenvalue weighted by Gasteiger charge is -2.32. The largest absolute Gasteiger partial charge is 0.493 e. The molecule has 0 bridgehead atoms. The van der Waals surface area contributed by atoms with Crippen LogP contribution in [-0.2, 0) is 16.1 Å². The SMILES string of the molecule is CCOc1ccc([C@H](C(=O)NC2CCCCCC2)N(Cc2ccc3c(c2)OCO3)C(=O)CCl)cc1OC. The molecule has 37 heavy (non-hydrogen) atoms. The van der Waals surface area contributed by atoms with Gasteiger partial charge in [-0.15, -0.1) is 11.6 Å². The standard InChI is InChI=1S/C28H35ClN2O6/c1-3-35-22-13-11-20(15-24(22)34-2)27(28(33)30-21-8-6-4-5-7-9-21)31(26(32)16-29)17-19-10-12-23-25(14-19)37-18-36-23/h10-15,21,27H,3-9,16-18H2,1-2H3,(H,30,33)/t27-/m1/s1. The number of carbonyl (C=O) groups excluding carboxylic acids is 2. The smallest absolute Gasteiger partial charge is 0.247 e. The lowest BCUT2D eigenvalue weighted by atomic mass is 10.0. The van der Waals surface area contributed by atoms with Gasteiger partial charge in [0, 0.05) is 12.6 Å². The summed E-state index contributed by atoms with van der Waals surface area (Å²) in [6.07, 6.45) is 6.36. The van der Waals surface area contributed by atoms with E-state index < -0.39 is 6.04 Å². The monoisotopic (exact) mass is 530 g/mol. The number of ether oxygens (including phenoxy) is 4. The van der Waals surface area contributed by atoms with Crippen LogP contribution in [0.1, 0.15) is 62.6 Å². The molecular weight excluding hydrogens is 496 g/mol. The summed E-state index contributed by atoms with van der Waals surface area (Å²) in [6.45, 7) is 2.69. The molecule has 0 spiro atoms. The van der Waals surface area contributed by atoms with Crippen molar-refractivity contribution in [2.75, 3.05) is 26.4 Å². The van der Waals surface area contributed by atoms with Gasteiger partial charge in [-0.05, 0) is 55.2 Å². The third kappa shape index (κ3) is 6.60. The fourth-order valence-corrected chi connectivity index (χ4v) is 5.10. The highest BCUT2D eigenvalue weighted by Gasteiger charge is 2.33. The molecule has 8 nitrogen and oxygen atoms in total. The highest BCUT2D eigenvalue weighted by atomic mass is 35.5. The van der Waals surface area contributed by atoms with Crippen molar-refractivity contribution in [2.24, 2.45) is 0 Å². The molecule has 1 atom stereocenters. The Bertz CT molecular complexity index is 1090. The van der Waals surface area contributed by atoms with Gasteiger partial charge >= 0.3 is 0 Å². The first-order valence-corrected chi connectivity index (χ1v) is 13.4. The van der Waals surface area contributed by atoms with E-state index >= 15 is 0 Å². The number of amides is 2. The Morgan fingerprint density at radius 2 is 1.81 bits per heavy atom. The van der Waals surface area contributed by atoms with Crippen molar-refractivity contribution in [1.29, 1.82) is 0 Å². The second-order valence-electron chi connectivity index (χ2n) is 9.29. The maximum absolute atomic E-state index is 13.9. The minimum atomic E-state index is -0.912. The molecule has 4 rings (SSSR count). The highest BCUT2D eigenvalue weighted by molar-refractivity contribution is 6.27. The van der Waals surface area contributed by atoms with E-state index in [2.05, 4.69) is 5.32 Å². The van der Waals surface area contributed by atoms with Gasteiger partial charge in [0.05, 0.1) is 13.7 Å². The van der Waals surface area contributed by atoms with Crippen molar-refractivity contribution in [3.05, 3.63) is 47.5 Å². The van der Waals surface area contributed by atoms with Gasteiger partial charge in [-0.1, -0.05) is 37.8 Å². The van der Waals surface area contributed by atoms with E-state index in [0.717, 1.165) is 31.2 Å². The lowest BCUT2D eigenvalue weighted by Crippen LogP contribution is -2.46. The average molecular weight is 531 g/mol. The van der Waals surface area contributed by atoms with Crippen molar-refractivity contribution >= 4 is 23.4 Å². The van der Waals surface area contributed by atoms with Crippen LogP contribution in [-0.4, -0.2) is 49.1 Å². The Balaban J connectivity index is 1.70. The van der Waals surface area contributed by atoms with Crippen molar-refractivity contribution < 1.29 is 28.5 Å². The summed E-state index contributed by atoms with van der Waals surface area (Å²) in [4.78, 5) is 28.7. The first kappa shape index (κ1) is 26.9. The molecule has 0 radical (unpaired) electrons. The molecule has 1 heterocycles. The molecule has 2 aromatic rings. The number of hydrogen-bond acceptors (Lipinski definition) is 6. The molecular formula is C28H35ClN2O6. The molecule has 2 aliphatic rings. The number of fused-ring (bicyclic) bond motifs is 1. The van der Waals surface area contributed by atoms with Crippen LogP contribution in [0.5, 0.6) is 23.0 Å². The van der Waals surface area contributed by atoms with Crippen LogP contribution >= 0.6 is 11.6 Å².